The van der Waals surface area contributed by atoms with E-state index in [4.69, 9.17) is 5.26 Å². The number of aromatic nitrogens is 1. The summed E-state index contributed by atoms with van der Waals surface area (Å²) in [5.74, 6) is 0.362. The molecule has 1 heterocycles. The number of nitrogens with zero attached hydrogens (tertiary/aromatic N) is 2. The number of hydrogen-bond donors (Lipinski definition) is 2. The van der Waals surface area contributed by atoms with Crippen molar-refractivity contribution in [2.75, 3.05) is 15.8 Å². The van der Waals surface area contributed by atoms with Gasteiger partial charge in [0.15, 0.2) is 0 Å². The SMILES string of the molecule is CCCCS(=O)(=O)Nc1ccc(Nc2ccccc2C#N)cn1. The Morgan fingerprint density at radius 2 is 2.00 bits per heavy atom. The van der Waals surface area contributed by atoms with Crippen LogP contribution in [0.3, 0.4) is 0 Å². The Morgan fingerprint density at radius 3 is 2.65 bits per heavy atom. The molecule has 0 unspecified atom stereocenters. The van der Waals surface area contributed by atoms with E-state index in [0.29, 0.717) is 23.4 Å². The Balaban J connectivity index is 2.07. The smallest absolute Gasteiger partial charge is 0.233 e. The molecule has 0 fully saturated rings. The van der Waals surface area contributed by atoms with E-state index in [1.165, 1.54) is 6.20 Å². The molecule has 7 heteroatoms. The van der Waals surface area contributed by atoms with Gasteiger partial charge in [-0.1, -0.05) is 25.5 Å². The second kappa shape index (κ2) is 7.61. The zero-order chi connectivity index (χ0) is 16.7. The van der Waals surface area contributed by atoms with E-state index in [2.05, 4.69) is 21.1 Å². The van der Waals surface area contributed by atoms with Crippen LogP contribution < -0.4 is 10.0 Å². The van der Waals surface area contributed by atoms with E-state index >= 15 is 0 Å². The molecule has 0 spiro atoms. The average molecular weight is 330 g/mol. The minimum Gasteiger partial charge on any atom is -0.353 e. The first kappa shape index (κ1) is 16.8. The van der Waals surface area contributed by atoms with Crippen LogP contribution in [0.4, 0.5) is 17.2 Å². The minimum absolute atomic E-state index is 0.0841. The quantitative estimate of drug-likeness (QED) is 0.812. The number of hydrogen-bond acceptors (Lipinski definition) is 5. The maximum atomic E-state index is 11.8. The van der Waals surface area contributed by atoms with Gasteiger partial charge in [0.2, 0.25) is 10.0 Å². The lowest BCUT2D eigenvalue weighted by atomic mass is 10.2. The lowest BCUT2D eigenvalue weighted by Gasteiger charge is -2.10. The molecule has 0 bridgehead atoms. The first-order chi connectivity index (χ1) is 11.0. The number of nitriles is 1. The summed E-state index contributed by atoms with van der Waals surface area (Å²) < 4.78 is 26.1. The highest BCUT2D eigenvalue weighted by atomic mass is 32.2. The number of pyridine rings is 1. The summed E-state index contributed by atoms with van der Waals surface area (Å²) in [6.45, 7) is 1.94. The molecular formula is C16H18N4O2S. The maximum Gasteiger partial charge on any atom is 0.233 e. The van der Waals surface area contributed by atoms with Crippen molar-refractivity contribution in [3.05, 3.63) is 48.2 Å². The van der Waals surface area contributed by atoms with Crippen LogP contribution in [0.1, 0.15) is 25.3 Å². The van der Waals surface area contributed by atoms with Crippen LogP contribution in [-0.4, -0.2) is 19.2 Å². The summed E-state index contributed by atoms with van der Waals surface area (Å²) in [5.41, 5.74) is 1.87. The third kappa shape index (κ3) is 4.97. The van der Waals surface area contributed by atoms with Crippen molar-refractivity contribution in [2.45, 2.75) is 19.8 Å². The van der Waals surface area contributed by atoms with Crippen LogP contribution in [0.2, 0.25) is 0 Å². The third-order valence-corrected chi connectivity index (χ3v) is 4.46. The Kier molecular flexibility index (Phi) is 5.55. The van der Waals surface area contributed by atoms with Crippen molar-refractivity contribution in [3.8, 4) is 6.07 Å². The second-order valence-electron chi connectivity index (χ2n) is 4.99. The summed E-state index contributed by atoms with van der Waals surface area (Å²) in [4.78, 5) is 4.09. The van der Waals surface area contributed by atoms with Crippen molar-refractivity contribution < 1.29 is 8.42 Å². The van der Waals surface area contributed by atoms with Crippen LogP contribution in [0.15, 0.2) is 42.6 Å². The molecule has 1 aromatic carbocycles. The van der Waals surface area contributed by atoms with Gasteiger partial charge in [-0.2, -0.15) is 5.26 Å². The number of rotatable bonds is 7. The molecule has 23 heavy (non-hydrogen) atoms. The molecule has 0 saturated heterocycles. The molecule has 0 aliphatic heterocycles. The molecule has 0 amide bonds. The summed E-state index contributed by atoms with van der Waals surface area (Å²) in [5, 5.41) is 12.1. The summed E-state index contributed by atoms with van der Waals surface area (Å²) in [7, 11) is -3.36. The third-order valence-electron chi connectivity index (χ3n) is 3.12. The summed E-state index contributed by atoms with van der Waals surface area (Å²) >= 11 is 0. The Hall–Kier alpha value is -2.59. The van der Waals surface area contributed by atoms with Gasteiger partial charge < -0.3 is 5.32 Å². The molecule has 2 N–H and O–H groups in total. The first-order valence-corrected chi connectivity index (χ1v) is 8.92. The van der Waals surface area contributed by atoms with Crippen molar-refractivity contribution in [2.24, 2.45) is 0 Å². The molecule has 6 nitrogen and oxygen atoms in total. The van der Waals surface area contributed by atoms with Crippen molar-refractivity contribution in [3.63, 3.8) is 0 Å². The number of unbranched alkanes of at least 4 members (excludes halogenated alkanes) is 1. The molecule has 2 rings (SSSR count). The van der Waals surface area contributed by atoms with Gasteiger partial charge in [-0.05, 0) is 30.7 Å². The fourth-order valence-corrected chi connectivity index (χ4v) is 3.13. The second-order valence-corrected chi connectivity index (χ2v) is 6.83. The number of nitrogens with one attached hydrogen (secondary N) is 2. The van der Waals surface area contributed by atoms with Crippen molar-refractivity contribution >= 4 is 27.2 Å². The average Bonchev–Trinajstić information content (AvgIpc) is 2.55. The normalized spacial score (nSPS) is 10.8. The number of anilines is 3. The van der Waals surface area contributed by atoms with Crippen LogP contribution in [0, 0.1) is 11.3 Å². The van der Waals surface area contributed by atoms with E-state index in [9.17, 15) is 8.42 Å². The molecule has 0 aliphatic carbocycles. The van der Waals surface area contributed by atoms with Crippen LogP contribution in [0.5, 0.6) is 0 Å². The van der Waals surface area contributed by atoms with Crippen LogP contribution in [0.25, 0.3) is 0 Å². The standard InChI is InChI=1S/C16H18N4O2S/c1-2-3-10-23(21,22)20-16-9-8-14(12-18-16)19-15-7-5-4-6-13(15)11-17/h4-9,12,19H,2-3,10H2,1H3,(H,18,20). The van der Waals surface area contributed by atoms with Gasteiger partial charge in [-0.15, -0.1) is 0 Å². The predicted octanol–water partition coefficient (Wildman–Crippen LogP) is 3.24. The molecule has 120 valence electrons. The topological polar surface area (TPSA) is 94.9 Å². The molecule has 0 radical (unpaired) electrons. The van der Waals surface area contributed by atoms with E-state index < -0.39 is 10.0 Å². The predicted molar refractivity (Wildman–Crippen MR) is 91.0 cm³/mol. The van der Waals surface area contributed by atoms with Gasteiger partial charge in [-0.3, -0.25) is 4.72 Å². The zero-order valence-corrected chi connectivity index (χ0v) is 13.6. The molecule has 0 aliphatic rings. The lowest BCUT2D eigenvalue weighted by Crippen LogP contribution is -2.17. The first-order valence-electron chi connectivity index (χ1n) is 7.27. The Labute approximate surface area is 136 Å². The van der Waals surface area contributed by atoms with Crippen molar-refractivity contribution in [1.82, 2.24) is 4.98 Å². The van der Waals surface area contributed by atoms with Gasteiger partial charge in [0.1, 0.15) is 11.9 Å². The number of sulfonamides is 1. The minimum atomic E-state index is -3.36. The van der Waals surface area contributed by atoms with Gasteiger partial charge in [0, 0.05) is 0 Å². The molecule has 0 atom stereocenters. The van der Waals surface area contributed by atoms with E-state index in [1.807, 2.05) is 13.0 Å². The van der Waals surface area contributed by atoms with Gasteiger partial charge in [0.05, 0.1) is 28.9 Å². The fraction of sp³-hybridized carbons (Fsp3) is 0.250. The highest BCUT2D eigenvalue weighted by Gasteiger charge is 2.10. The van der Waals surface area contributed by atoms with Gasteiger partial charge >= 0.3 is 0 Å². The molecular weight excluding hydrogens is 312 g/mol. The number of benzene rings is 1. The highest BCUT2D eigenvalue weighted by molar-refractivity contribution is 7.92. The summed E-state index contributed by atoms with van der Waals surface area (Å²) in [6.07, 6.45) is 2.95. The lowest BCUT2D eigenvalue weighted by molar-refractivity contribution is 0.597. The Morgan fingerprint density at radius 1 is 1.22 bits per heavy atom. The molecule has 1 aromatic heterocycles. The van der Waals surface area contributed by atoms with E-state index in [-0.39, 0.29) is 11.6 Å². The van der Waals surface area contributed by atoms with Crippen LogP contribution >= 0.6 is 0 Å². The van der Waals surface area contributed by atoms with E-state index in [0.717, 1.165) is 6.42 Å². The summed E-state index contributed by atoms with van der Waals surface area (Å²) in [6, 6.07) is 12.5. The fourth-order valence-electron chi connectivity index (χ4n) is 1.92. The monoisotopic (exact) mass is 330 g/mol. The Bertz CT molecular complexity index is 796. The maximum absolute atomic E-state index is 11.8. The van der Waals surface area contributed by atoms with Crippen LogP contribution in [-0.2, 0) is 10.0 Å². The number of para-hydroxylation sites is 1. The van der Waals surface area contributed by atoms with Gasteiger partial charge in [-0.25, -0.2) is 13.4 Å². The highest BCUT2D eigenvalue weighted by Crippen LogP contribution is 2.20. The van der Waals surface area contributed by atoms with Gasteiger partial charge in [0.25, 0.3) is 0 Å². The molecule has 2 aromatic rings. The zero-order valence-electron chi connectivity index (χ0n) is 12.8. The van der Waals surface area contributed by atoms with Crippen molar-refractivity contribution in [1.29, 1.82) is 5.26 Å². The molecule has 0 saturated carbocycles. The largest absolute Gasteiger partial charge is 0.353 e. The van der Waals surface area contributed by atoms with E-state index in [1.54, 1.807) is 30.3 Å².